The van der Waals surface area contributed by atoms with Crippen molar-refractivity contribution in [1.82, 2.24) is 30.4 Å². The zero-order valence-corrected chi connectivity index (χ0v) is 14.1. The molecule has 2 heterocycles. The minimum Gasteiger partial charge on any atom is -0.277 e. The molecule has 6 nitrogen and oxygen atoms in total. The first-order valence-corrected chi connectivity index (χ1v) is 8.00. The molecule has 0 amide bonds. The lowest BCUT2D eigenvalue weighted by Gasteiger charge is -2.09. The Labute approximate surface area is 151 Å². The first-order chi connectivity index (χ1) is 12.9. The first kappa shape index (κ1) is 17.0. The summed E-state index contributed by atoms with van der Waals surface area (Å²) in [5, 5.41) is 18.5. The van der Waals surface area contributed by atoms with Crippen molar-refractivity contribution in [3.63, 3.8) is 0 Å². The van der Waals surface area contributed by atoms with Crippen molar-refractivity contribution < 1.29 is 13.2 Å². The van der Waals surface area contributed by atoms with Crippen LogP contribution in [-0.2, 0) is 6.18 Å². The van der Waals surface area contributed by atoms with Gasteiger partial charge in [0.05, 0.1) is 28.7 Å². The van der Waals surface area contributed by atoms with Gasteiger partial charge in [-0.25, -0.2) is 0 Å². The fourth-order valence-corrected chi connectivity index (χ4v) is 2.74. The van der Waals surface area contributed by atoms with Crippen molar-refractivity contribution in [2.45, 2.75) is 13.1 Å². The van der Waals surface area contributed by atoms with Crippen LogP contribution in [0.4, 0.5) is 13.2 Å². The summed E-state index contributed by atoms with van der Waals surface area (Å²) in [5.41, 5.74) is 2.33. The molecule has 1 N–H and O–H groups in total. The van der Waals surface area contributed by atoms with Crippen molar-refractivity contribution >= 4 is 0 Å². The topological polar surface area (TPSA) is 72.3 Å². The average molecular weight is 370 g/mol. The third kappa shape index (κ3) is 3.19. The molecular weight excluding hydrogens is 357 g/mol. The van der Waals surface area contributed by atoms with Gasteiger partial charge in [-0.15, -0.1) is 5.10 Å². The number of benzene rings is 2. The van der Waals surface area contributed by atoms with Crippen molar-refractivity contribution in [3.05, 3.63) is 65.9 Å². The van der Waals surface area contributed by atoms with Crippen LogP contribution in [0.25, 0.3) is 28.3 Å². The van der Waals surface area contributed by atoms with Gasteiger partial charge in [-0.1, -0.05) is 29.8 Å². The lowest BCUT2D eigenvalue weighted by molar-refractivity contribution is -0.137. The van der Waals surface area contributed by atoms with Crippen LogP contribution in [0, 0.1) is 6.92 Å². The Balaban J connectivity index is 1.81. The summed E-state index contributed by atoms with van der Waals surface area (Å²) in [4.78, 5) is 0. The van der Waals surface area contributed by atoms with Crippen LogP contribution in [0.5, 0.6) is 0 Å². The second-order valence-electron chi connectivity index (χ2n) is 5.99. The number of hydrogen-bond donors (Lipinski definition) is 1. The molecule has 0 saturated carbocycles. The van der Waals surface area contributed by atoms with Crippen LogP contribution < -0.4 is 0 Å². The number of H-pyrrole nitrogens is 1. The molecule has 0 aliphatic heterocycles. The molecule has 0 radical (unpaired) electrons. The van der Waals surface area contributed by atoms with Crippen LogP contribution >= 0.6 is 0 Å². The number of halogens is 3. The Bertz CT molecular complexity index is 1080. The number of hydrogen-bond acceptors (Lipinski definition) is 4. The van der Waals surface area contributed by atoms with E-state index in [1.54, 1.807) is 6.07 Å². The molecular formula is C18H13F3N6. The van der Waals surface area contributed by atoms with E-state index in [2.05, 4.69) is 25.7 Å². The van der Waals surface area contributed by atoms with E-state index in [4.69, 9.17) is 0 Å². The Morgan fingerprint density at radius 2 is 1.81 bits per heavy atom. The van der Waals surface area contributed by atoms with E-state index in [1.807, 2.05) is 31.2 Å². The van der Waals surface area contributed by atoms with Crippen LogP contribution in [0.2, 0.25) is 0 Å². The minimum atomic E-state index is -4.43. The van der Waals surface area contributed by atoms with Crippen LogP contribution in [0.3, 0.4) is 0 Å². The molecule has 0 spiro atoms. The molecule has 4 aromatic rings. The number of aromatic amines is 1. The lowest BCUT2D eigenvalue weighted by Crippen LogP contribution is -2.04. The maximum Gasteiger partial charge on any atom is 0.416 e. The van der Waals surface area contributed by atoms with Crippen LogP contribution in [-0.4, -0.2) is 30.4 Å². The molecule has 9 heteroatoms. The number of rotatable bonds is 3. The molecule has 0 bridgehead atoms. The normalized spacial score (nSPS) is 11.7. The van der Waals surface area contributed by atoms with E-state index < -0.39 is 11.7 Å². The van der Waals surface area contributed by atoms with Gasteiger partial charge in [0.15, 0.2) is 5.82 Å². The number of nitrogens with one attached hydrogen (secondary N) is 1. The van der Waals surface area contributed by atoms with Crippen LogP contribution in [0.1, 0.15) is 11.1 Å². The van der Waals surface area contributed by atoms with Gasteiger partial charge in [-0.2, -0.15) is 23.0 Å². The summed E-state index contributed by atoms with van der Waals surface area (Å²) >= 11 is 0. The lowest BCUT2D eigenvalue weighted by atomic mass is 10.0. The van der Waals surface area contributed by atoms with Gasteiger partial charge in [-0.05, 0) is 41.6 Å². The Morgan fingerprint density at radius 1 is 1.04 bits per heavy atom. The van der Waals surface area contributed by atoms with Crippen molar-refractivity contribution in [1.29, 1.82) is 0 Å². The Hall–Kier alpha value is -3.49. The van der Waals surface area contributed by atoms with Crippen LogP contribution in [0.15, 0.2) is 54.7 Å². The molecule has 136 valence electrons. The standard InChI is InChI=1S/C18H13F3N6/c1-11-5-7-14(8-6-11)27-17(24-25-26-27)15-10-22-23-16(15)12-3-2-4-13(9-12)18(19,20)21/h2-10H,1H3,(H,22,23). The molecule has 0 aliphatic carbocycles. The second-order valence-corrected chi connectivity index (χ2v) is 5.99. The third-order valence-electron chi connectivity index (χ3n) is 4.11. The predicted molar refractivity (Wildman–Crippen MR) is 91.9 cm³/mol. The number of alkyl halides is 3. The summed E-state index contributed by atoms with van der Waals surface area (Å²) in [6.07, 6.45) is -2.94. The van der Waals surface area contributed by atoms with Gasteiger partial charge >= 0.3 is 6.18 Å². The average Bonchev–Trinajstić information content (AvgIpc) is 3.30. The van der Waals surface area contributed by atoms with E-state index in [1.165, 1.54) is 16.9 Å². The Morgan fingerprint density at radius 3 is 2.56 bits per heavy atom. The maximum absolute atomic E-state index is 13.0. The Kier molecular flexibility index (Phi) is 3.98. The van der Waals surface area contributed by atoms with Crippen molar-refractivity contribution in [2.24, 2.45) is 0 Å². The minimum absolute atomic E-state index is 0.343. The van der Waals surface area contributed by atoms with Gasteiger partial charge in [0, 0.05) is 5.56 Å². The molecule has 0 saturated heterocycles. The van der Waals surface area contributed by atoms with E-state index in [0.717, 1.165) is 23.4 Å². The van der Waals surface area contributed by atoms with Gasteiger partial charge in [0.2, 0.25) is 0 Å². The second kappa shape index (κ2) is 6.35. The summed E-state index contributed by atoms with van der Waals surface area (Å²) in [6, 6.07) is 12.6. The fourth-order valence-electron chi connectivity index (χ4n) is 2.74. The molecule has 4 rings (SSSR count). The predicted octanol–water partition coefficient (Wildman–Crippen LogP) is 4.05. The summed E-state index contributed by atoms with van der Waals surface area (Å²) in [5.74, 6) is 0.375. The highest BCUT2D eigenvalue weighted by Crippen LogP contribution is 2.34. The highest BCUT2D eigenvalue weighted by molar-refractivity contribution is 5.77. The SMILES string of the molecule is Cc1ccc(-n2nnnc2-c2cn[nH]c2-c2cccc(C(F)(F)F)c2)cc1. The zero-order chi connectivity index (χ0) is 19.0. The molecule has 0 unspecified atom stereocenters. The highest BCUT2D eigenvalue weighted by atomic mass is 19.4. The number of aromatic nitrogens is 6. The van der Waals surface area contributed by atoms with Crippen molar-refractivity contribution in [3.8, 4) is 28.3 Å². The van der Waals surface area contributed by atoms with E-state index in [0.29, 0.717) is 22.6 Å². The fraction of sp³-hybridized carbons (Fsp3) is 0.111. The molecule has 2 aromatic carbocycles. The third-order valence-corrected chi connectivity index (χ3v) is 4.11. The van der Waals surface area contributed by atoms with Crippen molar-refractivity contribution in [2.75, 3.05) is 0 Å². The summed E-state index contributed by atoms with van der Waals surface area (Å²) in [6.45, 7) is 1.96. The number of aryl methyl sites for hydroxylation is 1. The molecule has 0 fully saturated rings. The quantitative estimate of drug-likeness (QED) is 0.591. The van der Waals surface area contributed by atoms with Gasteiger partial charge in [-0.3, -0.25) is 5.10 Å². The molecule has 0 aliphatic rings. The summed E-state index contributed by atoms with van der Waals surface area (Å²) in [7, 11) is 0. The first-order valence-electron chi connectivity index (χ1n) is 8.00. The summed E-state index contributed by atoms with van der Waals surface area (Å²) < 4.78 is 40.6. The molecule has 0 atom stereocenters. The highest BCUT2D eigenvalue weighted by Gasteiger charge is 2.31. The smallest absolute Gasteiger partial charge is 0.277 e. The van der Waals surface area contributed by atoms with E-state index in [9.17, 15) is 13.2 Å². The van der Waals surface area contributed by atoms with E-state index >= 15 is 0 Å². The van der Waals surface area contributed by atoms with Gasteiger partial charge in [0.1, 0.15) is 0 Å². The monoisotopic (exact) mass is 370 g/mol. The molecule has 27 heavy (non-hydrogen) atoms. The van der Waals surface area contributed by atoms with Gasteiger partial charge in [0.25, 0.3) is 0 Å². The van der Waals surface area contributed by atoms with Gasteiger partial charge < -0.3 is 0 Å². The number of nitrogens with zero attached hydrogens (tertiary/aromatic N) is 5. The largest absolute Gasteiger partial charge is 0.416 e. The molecule has 2 aromatic heterocycles. The number of tetrazole rings is 1. The maximum atomic E-state index is 13.0. The van der Waals surface area contributed by atoms with E-state index in [-0.39, 0.29) is 0 Å². The zero-order valence-electron chi connectivity index (χ0n) is 14.1.